The van der Waals surface area contributed by atoms with Gasteiger partial charge >= 0.3 is 5.97 Å². The van der Waals surface area contributed by atoms with Gasteiger partial charge in [-0.15, -0.1) is 5.53 Å². The third-order valence-corrected chi connectivity index (χ3v) is 9.76. The molecule has 3 aliphatic heterocycles. The molecule has 276 valence electrons. The van der Waals surface area contributed by atoms with E-state index in [-0.39, 0.29) is 35.3 Å². The molecule has 15 heteroatoms. The number of para-hydroxylation sites is 1. The van der Waals surface area contributed by atoms with Crippen molar-refractivity contribution < 1.29 is 33.0 Å². The lowest BCUT2D eigenvalue weighted by Crippen LogP contribution is -2.49. The van der Waals surface area contributed by atoms with Crippen molar-refractivity contribution in [2.24, 2.45) is 0 Å². The Hall–Kier alpha value is -6.09. The summed E-state index contributed by atoms with van der Waals surface area (Å²) < 4.78 is 32.8. The fourth-order valence-corrected chi connectivity index (χ4v) is 6.97. The van der Waals surface area contributed by atoms with Gasteiger partial charge in [0.15, 0.2) is 23.1 Å². The minimum atomic E-state index is -0.559. The van der Waals surface area contributed by atoms with Gasteiger partial charge in [-0.1, -0.05) is 24.3 Å². The Labute approximate surface area is 305 Å². The Morgan fingerprint density at radius 1 is 0.887 bits per heavy atom. The summed E-state index contributed by atoms with van der Waals surface area (Å²) in [6.07, 6.45) is 6.42. The largest absolute Gasteiger partial charge is 0.496 e. The van der Waals surface area contributed by atoms with E-state index in [1.165, 1.54) is 14.2 Å². The molecule has 0 unspecified atom stereocenters. The summed E-state index contributed by atoms with van der Waals surface area (Å²) in [4.78, 5) is 52.4. The highest BCUT2D eigenvalue weighted by Crippen LogP contribution is 2.40. The molecule has 2 amide bonds. The molecule has 4 aromatic rings. The van der Waals surface area contributed by atoms with E-state index in [4.69, 9.17) is 14.2 Å². The van der Waals surface area contributed by atoms with E-state index in [0.29, 0.717) is 91.5 Å². The number of nitrogens with zero attached hydrogens (tertiary/aromatic N) is 5. The second-order valence-corrected chi connectivity index (χ2v) is 12.8. The topological polar surface area (TPSA) is 145 Å². The van der Waals surface area contributed by atoms with Crippen molar-refractivity contribution in [3.8, 4) is 22.6 Å². The van der Waals surface area contributed by atoms with Crippen molar-refractivity contribution in [1.82, 2.24) is 35.7 Å². The first kappa shape index (κ1) is 35.3. The van der Waals surface area contributed by atoms with Crippen molar-refractivity contribution in [3.63, 3.8) is 0 Å². The normalized spacial score (nSPS) is 15.7. The second kappa shape index (κ2) is 15.3. The Kier molecular flexibility index (Phi) is 10.2. The highest BCUT2D eigenvalue weighted by atomic mass is 19.1. The number of hydrazine groups is 2. The first-order valence-electron chi connectivity index (χ1n) is 17.4. The molecule has 0 atom stereocenters. The van der Waals surface area contributed by atoms with Crippen molar-refractivity contribution in [2.75, 3.05) is 72.0 Å². The minimum Gasteiger partial charge on any atom is -0.496 e. The van der Waals surface area contributed by atoms with Gasteiger partial charge in [0.05, 0.1) is 26.8 Å². The number of fused-ring (bicyclic) bond motifs is 1. The number of amides is 2. The zero-order chi connectivity index (χ0) is 37.1. The summed E-state index contributed by atoms with van der Waals surface area (Å²) >= 11 is 0. The smallest absolute Gasteiger partial charge is 0.356 e. The van der Waals surface area contributed by atoms with Crippen LogP contribution in [-0.2, 0) is 9.53 Å². The fourth-order valence-electron chi connectivity index (χ4n) is 6.97. The van der Waals surface area contributed by atoms with Gasteiger partial charge in [-0.2, -0.15) is 0 Å². The summed E-state index contributed by atoms with van der Waals surface area (Å²) in [5.74, 6) is 0.230. The number of H-pyrrole nitrogens is 1. The predicted molar refractivity (Wildman–Crippen MR) is 196 cm³/mol. The molecule has 3 N–H and O–H groups in total. The molecular formula is C38H41FN8O6. The van der Waals surface area contributed by atoms with E-state index in [0.717, 1.165) is 5.56 Å². The highest BCUT2D eigenvalue weighted by molar-refractivity contribution is 6.05. The zero-order valence-corrected chi connectivity index (χ0v) is 29.8. The Balaban J connectivity index is 1.17. The van der Waals surface area contributed by atoms with Crippen LogP contribution in [0.3, 0.4) is 0 Å². The number of carbonyl (C=O) groups is 3. The standard InChI is InChI=1S/C38H41FN8O6/c1-51-31-9-5-4-8-25(31)27-21-26(24-7-6-14-46(23-24)33(48)12-15-47-16-13-40-43-47)34(39)35-28(27)22-30(41-35)37(49)45-19-17-44(18-20-45)36-32(52-2)11-10-29(42-36)38(50)53-3/h4-5,7-11,13,16,21-22,40-41,43H,6,12,14-15,17-20,23H2,1-3H3. The number of nitrogens with one attached hydrogen (secondary N) is 3. The summed E-state index contributed by atoms with van der Waals surface area (Å²) in [5.41, 5.74) is 8.88. The number of hydrogen-bond acceptors (Lipinski definition) is 11. The molecular weight excluding hydrogens is 683 g/mol. The zero-order valence-electron chi connectivity index (χ0n) is 29.8. The fraction of sp³-hybridized carbons (Fsp3) is 0.316. The number of halogens is 1. The lowest BCUT2D eigenvalue weighted by molar-refractivity contribution is -0.131. The third-order valence-electron chi connectivity index (χ3n) is 9.76. The molecule has 0 radical (unpaired) electrons. The van der Waals surface area contributed by atoms with Gasteiger partial charge in [-0.3, -0.25) is 14.6 Å². The summed E-state index contributed by atoms with van der Waals surface area (Å²) in [6.45, 7) is 2.84. The van der Waals surface area contributed by atoms with Crippen LogP contribution in [0.1, 0.15) is 39.4 Å². The number of esters is 1. The minimum absolute atomic E-state index is 0.0256. The number of benzene rings is 2. The van der Waals surface area contributed by atoms with Crippen molar-refractivity contribution >= 4 is 40.1 Å². The number of aromatic amines is 1. The van der Waals surface area contributed by atoms with Crippen LogP contribution in [0.2, 0.25) is 0 Å². The predicted octanol–water partition coefficient (Wildman–Crippen LogP) is 3.94. The number of anilines is 1. The highest BCUT2D eigenvalue weighted by Gasteiger charge is 2.29. The molecule has 53 heavy (non-hydrogen) atoms. The number of aromatic nitrogens is 2. The first-order valence-corrected chi connectivity index (χ1v) is 17.4. The Morgan fingerprint density at radius 2 is 1.68 bits per heavy atom. The number of ether oxygens (including phenoxy) is 3. The lowest BCUT2D eigenvalue weighted by atomic mass is 9.93. The molecule has 2 aromatic carbocycles. The van der Waals surface area contributed by atoms with Crippen LogP contribution in [0.5, 0.6) is 11.5 Å². The van der Waals surface area contributed by atoms with Gasteiger partial charge in [0.2, 0.25) is 5.91 Å². The average Bonchev–Trinajstić information content (AvgIpc) is 3.91. The number of pyridine rings is 1. The Morgan fingerprint density at radius 3 is 2.42 bits per heavy atom. The molecule has 0 bridgehead atoms. The van der Waals surface area contributed by atoms with Gasteiger partial charge < -0.3 is 39.3 Å². The van der Waals surface area contributed by atoms with Crippen LogP contribution in [-0.4, -0.2) is 110 Å². The second-order valence-electron chi connectivity index (χ2n) is 12.8. The van der Waals surface area contributed by atoms with Crippen LogP contribution in [0.15, 0.2) is 67.0 Å². The molecule has 0 aliphatic carbocycles. The van der Waals surface area contributed by atoms with E-state index >= 15 is 4.39 Å². The number of rotatable bonds is 10. The number of carbonyl (C=O) groups excluding carboxylic acids is 3. The Bertz CT molecular complexity index is 2110. The molecule has 7 rings (SSSR count). The maximum atomic E-state index is 16.7. The van der Waals surface area contributed by atoms with Crippen molar-refractivity contribution in [1.29, 1.82) is 0 Å². The average molecular weight is 725 g/mol. The molecule has 1 saturated heterocycles. The van der Waals surface area contributed by atoms with Crippen LogP contribution in [0.4, 0.5) is 10.2 Å². The summed E-state index contributed by atoms with van der Waals surface area (Å²) in [6, 6.07) is 14.2. The van der Waals surface area contributed by atoms with Gasteiger partial charge in [-0.05, 0) is 47.9 Å². The van der Waals surface area contributed by atoms with Gasteiger partial charge in [-0.25, -0.2) is 14.2 Å². The molecule has 5 heterocycles. The van der Waals surface area contributed by atoms with E-state index in [2.05, 4.69) is 20.9 Å². The van der Waals surface area contributed by atoms with Crippen LogP contribution < -0.4 is 25.3 Å². The molecule has 14 nitrogen and oxygen atoms in total. The van der Waals surface area contributed by atoms with Crippen molar-refractivity contribution in [3.05, 3.63) is 89.8 Å². The molecule has 3 aliphatic rings. The third kappa shape index (κ3) is 7.07. The molecule has 0 saturated carbocycles. The van der Waals surface area contributed by atoms with Gasteiger partial charge in [0.1, 0.15) is 11.4 Å². The van der Waals surface area contributed by atoms with Gasteiger partial charge in [0.25, 0.3) is 5.91 Å². The van der Waals surface area contributed by atoms with Crippen LogP contribution >= 0.6 is 0 Å². The quantitative estimate of drug-likeness (QED) is 0.205. The SMILES string of the molecule is COC(=O)c1ccc(OC)c(N2CCN(C(=O)c3cc4c(-c5ccccc5OC)cc(C5=CCCN(C(=O)CCN6C=CNN6)C5)c(F)c4[nH]3)CC2)n1. The maximum Gasteiger partial charge on any atom is 0.356 e. The summed E-state index contributed by atoms with van der Waals surface area (Å²) in [7, 11) is 4.41. The van der Waals surface area contributed by atoms with Crippen LogP contribution in [0.25, 0.3) is 27.6 Å². The van der Waals surface area contributed by atoms with E-state index in [1.807, 2.05) is 41.4 Å². The maximum absolute atomic E-state index is 16.7. The molecule has 0 spiro atoms. The van der Waals surface area contributed by atoms with E-state index < -0.39 is 11.8 Å². The number of methoxy groups -OCH3 is 3. The first-order chi connectivity index (χ1) is 25.8. The van der Waals surface area contributed by atoms with Gasteiger partial charge in [0, 0.05) is 81.1 Å². The lowest BCUT2D eigenvalue weighted by Gasteiger charge is -2.35. The van der Waals surface area contributed by atoms with E-state index in [1.54, 1.807) is 52.4 Å². The monoisotopic (exact) mass is 724 g/mol. The molecule has 1 fully saturated rings. The van der Waals surface area contributed by atoms with Crippen molar-refractivity contribution in [2.45, 2.75) is 12.8 Å². The number of hydrogen-bond donors (Lipinski definition) is 3. The summed E-state index contributed by atoms with van der Waals surface area (Å²) in [5, 5.41) is 2.32. The van der Waals surface area contributed by atoms with E-state index in [9.17, 15) is 14.4 Å². The van der Waals surface area contributed by atoms with Crippen LogP contribution in [0, 0.1) is 5.82 Å². The molecule has 2 aromatic heterocycles. The number of piperazine rings is 1.